The Morgan fingerprint density at radius 3 is 2.54 bits per heavy atom. The van der Waals surface area contributed by atoms with Gasteiger partial charge in [0.05, 0.1) is 12.2 Å². The van der Waals surface area contributed by atoms with Crippen LogP contribution in [-0.2, 0) is 9.53 Å². The van der Waals surface area contributed by atoms with Gasteiger partial charge >= 0.3 is 6.09 Å². The predicted octanol–water partition coefficient (Wildman–Crippen LogP) is 3.31. The lowest BCUT2D eigenvalue weighted by Crippen LogP contribution is -2.49. The van der Waals surface area contributed by atoms with E-state index in [9.17, 15) is 9.59 Å². The molecule has 2 fully saturated rings. The molecule has 0 bridgehead atoms. The Balaban J connectivity index is 0.00000196. The third kappa shape index (κ3) is 6.71. The van der Waals surface area contributed by atoms with E-state index in [2.05, 4.69) is 4.98 Å². The van der Waals surface area contributed by atoms with Gasteiger partial charge in [-0.25, -0.2) is 4.79 Å². The summed E-state index contributed by atoms with van der Waals surface area (Å²) >= 11 is 0. The van der Waals surface area contributed by atoms with Crippen LogP contribution in [-0.4, -0.2) is 65.2 Å². The molecule has 2 amide bonds. The van der Waals surface area contributed by atoms with Gasteiger partial charge < -0.3 is 19.3 Å². The fourth-order valence-electron chi connectivity index (χ4n) is 3.54. The van der Waals surface area contributed by atoms with Crippen molar-refractivity contribution in [3.63, 3.8) is 0 Å². The number of amides is 2. The number of hydrogen-bond donors (Lipinski definition) is 0. The third-order valence-electron chi connectivity index (χ3n) is 5.09. The molecule has 2 aliphatic heterocycles. The van der Waals surface area contributed by atoms with Crippen LogP contribution in [0.15, 0.2) is 24.5 Å². The first-order valence-corrected chi connectivity index (χ1v) is 9.39. The van der Waals surface area contributed by atoms with E-state index in [1.165, 1.54) is 0 Å². The number of hydrogen-bond acceptors (Lipinski definition) is 5. The van der Waals surface area contributed by atoms with Gasteiger partial charge in [0.25, 0.3) is 0 Å². The van der Waals surface area contributed by atoms with Crippen LogP contribution >= 0.6 is 24.8 Å². The van der Waals surface area contributed by atoms with Crippen LogP contribution < -0.4 is 4.74 Å². The van der Waals surface area contributed by atoms with Crippen LogP contribution in [0.3, 0.4) is 0 Å². The van der Waals surface area contributed by atoms with E-state index in [1.807, 2.05) is 12.1 Å². The van der Waals surface area contributed by atoms with Gasteiger partial charge in [-0.1, -0.05) is 0 Å². The minimum Gasteiger partial charge on any atom is -0.490 e. The molecule has 0 N–H and O–H groups in total. The first kappa shape index (κ1) is 24.3. The smallest absolute Gasteiger partial charge is 0.410 e. The minimum absolute atomic E-state index is 0. The molecule has 0 spiro atoms. The monoisotopic (exact) mass is 433 g/mol. The molecular weight excluding hydrogens is 405 g/mol. The summed E-state index contributed by atoms with van der Waals surface area (Å²) in [7, 11) is 0. The van der Waals surface area contributed by atoms with Crippen molar-refractivity contribution in [3.05, 3.63) is 24.5 Å². The Morgan fingerprint density at radius 1 is 1.14 bits per heavy atom. The number of piperidine rings is 2. The Kier molecular flexibility index (Phi) is 10.4. The Bertz CT molecular complexity index is 612. The van der Waals surface area contributed by atoms with Crippen LogP contribution in [0.2, 0.25) is 0 Å². The number of nitrogens with zero attached hydrogens (tertiary/aromatic N) is 3. The van der Waals surface area contributed by atoms with Crippen molar-refractivity contribution in [1.29, 1.82) is 0 Å². The molecule has 158 valence electrons. The van der Waals surface area contributed by atoms with Crippen molar-refractivity contribution in [3.8, 4) is 5.75 Å². The lowest BCUT2D eigenvalue weighted by Gasteiger charge is -2.37. The second-order valence-electron chi connectivity index (χ2n) is 6.93. The highest BCUT2D eigenvalue weighted by Gasteiger charge is 2.31. The number of rotatable bonds is 4. The van der Waals surface area contributed by atoms with Crippen molar-refractivity contribution >= 4 is 36.8 Å². The molecule has 1 aromatic rings. The van der Waals surface area contributed by atoms with Crippen LogP contribution in [0.25, 0.3) is 0 Å². The zero-order valence-electron chi connectivity index (χ0n) is 16.1. The number of aromatic nitrogens is 1. The Hall–Kier alpha value is -1.73. The molecule has 1 aromatic heterocycles. The largest absolute Gasteiger partial charge is 0.490 e. The molecule has 3 heterocycles. The van der Waals surface area contributed by atoms with Gasteiger partial charge in [-0.3, -0.25) is 9.78 Å². The Labute approximate surface area is 178 Å². The van der Waals surface area contributed by atoms with Crippen LogP contribution in [0.5, 0.6) is 5.75 Å². The zero-order valence-corrected chi connectivity index (χ0v) is 17.8. The highest BCUT2D eigenvalue weighted by atomic mass is 35.5. The van der Waals surface area contributed by atoms with E-state index < -0.39 is 0 Å². The summed E-state index contributed by atoms with van der Waals surface area (Å²) in [6.45, 7) is 4.03. The number of ether oxygens (including phenoxy) is 2. The molecule has 0 aromatic carbocycles. The van der Waals surface area contributed by atoms with Gasteiger partial charge in [-0.15, -0.1) is 24.8 Å². The maximum Gasteiger partial charge on any atom is 0.410 e. The summed E-state index contributed by atoms with van der Waals surface area (Å²) in [4.78, 5) is 31.7. The van der Waals surface area contributed by atoms with E-state index in [1.54, 1.807) is 29.1 Å². The molecule has 9 heteroatoms. The van der Waals surface area contributed by atoms with Crippen molar-refractivity contribution in [1.82, 2.24) is 14.8 Å². The number of pyridine rings is 1. The molecule has 1 unspecified atom stereocenters. The highest BCUT2D eigenvalue weighted by Crippen LogP contribution is 2.22. The molecule has 1 atom stereocenters. The normalized spacial score (nSPS) is 19.8. The first-order chi connectivity index (χ1) is 12.6. The van der Waals surface area contributed by atoms with Crippen molar-refractivity contribution in [2.75, 3.05) is 26.2 Å². The van der Waals surface area contributed by atoms with E-state index in [0.29, 0.717) is 44.8 Å². The standard InChI is InChI=1S/C19H27N3O4.2ClH/c1-15(23)21-11-7-17(8-12-21)26-19(24)22-10-3-2-5-16(22)14-25-18-6-4-9-20-13-18;;/h4,6,9,13,16-17H,2-3,5,7-8,10-12,14H2,1H3;2*1H. The van der Waals surface area contributed by atoms with E-state index >= 15 is 0 Å². The molecule has 2 aliphatic rings. The predicted molar refractivity (Wildman–Crippen MR) is 110 cm³/mol. The van der Waals surface area contributed by atoms with E-state index in [-0.39, 0.29) is 49.0 Å². The Morgan fingerprint density at radius 2 is 1.89 bits per heavy atom. The second kappa shape index (κ2) is 12.0. The summed E-state index contributed by atoms with van der Waals surface area (Å²) in [5.41, 5.74) is 0. The lowest BCUT2D eigenvalue weighted by atomic mass is 10.0. The third-order valence-corrected chi connectivity index (χ3v) is 5.09. The molecule has 0 saturated carbocycles. The van der Waals surface area contributed by atoms with Gasteiger partial charge in [0.15, 0.2) is 0 Å². The molecule has 3 rings (SSSR count). The summed E-state index contributed by atoms with van der Waals surface area (Å²) in [5.74, 6) is 0.793. The van der Waals surface area contributed by atoms with Gasteiger partial charge in [0.1, 0.15) is 18.5 Å². The lowest BCUT2D eigenvalue weighted by molar-refractivity contribution is -0.130. The number of halogens is 2. The fraction of sp³-hybridized carbons (Fsp3) is 0.632. The van der Waals surface area contributed by atoms with Crippen molar-refractivity contribution < 1.29 is 19.1 Å². The average Bonchev–Trinajstić information content (AvgIpc) is 2.68. The molecular formula is C19H29Cl2N3O4. The second-order valence-corrected chi connectivity index (χ2v) is 6.93. The van der Waals surface area contributed by atoms with E-state index in [4.69, 9.17) is 9.47 Å². The number of carbonyl (C=O) groups excluding carboxylic acids is 2. The molecule has 0 radical (unpaired) electrons. The maximum atomic E-state index is 12.7. The fourth-order valence-corrected chi connectivity index (χ4v) is 3.54. The van der Waals surface area contributed by atoms with Gasteiger partial charge in [-0.05, 0) is 31.4 Å². The summed E-state index contributed by atoms with van der Waals surface area (Å²) in [6, 6.07) is 3.71. The van der Waals surface area contributed by atoms with Gasteiger partial charge in [0.2, 0.25) is 5.91 Å². The van der Waals surface area contributed by atoms with E-state index in [0.717, 1.165) is 19.3 Å². The van der Waals surface area contributed by atoms with Crippen LogP contribution in [0, 0.1) is 0 Å². The summed E-state index contributed by atoms with van der Waals surface area (Å²) in [5, 5.41) is 0. The average molecular weight is 434 g/mol. The van der Waals surface area contributed by atoms with Crippen molar-refractivity contribution in [2.24, 2.45) is 0 Å². The molecule has 2 saturated heterocycles. The first-order valence-electron chi connectivity index (χ1n) is 9.39. The number of likely N-dealkylation sites (tertiary alicyclic amines) is 2. The van der Waals surface area contributed by atoms with Crippen molar-refractivity contribution in [2.45, 2.75) is 51.2 Å². The topological polar surface area (TPSA) is 72.0 Å². The number of carbonyl (C=O) groups is 2. The molecule has 7 nitrogen and oxygen atoms in total. The maximum absolute atomic E-state index is 12.7. The summed E-state index contributed by atoms with van der Waals surface area (Å²) < 4.78 is 11.5. The highest BCUT2D eigenvalue weighted by molar-refractivity contribution is 5.85. The van der Waals surface area contributed by atoms with Gasteiger partial charge in [0, 0.05) is 45.6 Å². The quantitative estimate of drug-likeness (QED) is 0.727. The molecule has 0 aliphatic carbocycles. The molecule has 28 heavy (non-hydrogen) atoms. The SMILES string of the molecule is CC(=O)N1CCC(OC(=O)N2CCCCC2COc2cccnc2)CC1.Cl.Cl. The zero-order chi connectivity index (χ0) is 18.4. The van der Waals surface area contributed by atoms with Crippen LogP contribution in [0.4, 0.5) is 4.79 Å². The van der Waals surface area contributed by atoms with Crippen LogP contribution in [0.1, 0.15) is 39.0 Å². The van der Waals surface area contributed by atoms with Gasteiger partial charge in [-0.2, -0.15) is 0 Å². The summed E-state index contributed by atoms with van der Waals surface area (Å²) in [6.07, 6.45) is 7.40. The minimum atomic E-state index is -0.259.